The van der Waals surface area contributed by atoms with E-state index < -0.39 is 5.51 Å². The van der Waals surface area contributed by atoms with E-state index in [9.17, 15) is 13.2 Å². The molecule has 1 rings (SSSR count). The number of nitrogen functional groups attached to an aromatic ring is 1. The maximum Gasteiger partial charge on any atom is 0.446 e. The molecule has 78 valence electrons. The third kappa shape index (κ3) is 3.54. The summed E-state index contributed by atoms with van der Waals surface area (Å²) >= 11 is 1.82. The summed E-state index contributed by atoms with van der Waals surface area (Å²) in [5, 5.41) is 0. The zero-order valence-electron chi connectivity index (χ0n) is 6.73. The third-order valence-electron chi connectivity index (χ3n) is 1.33. The molecule has 0 aliphatic heterocycles. The molecule has 0 bridgehead atoms. The van der Waals surface area contributed by atoms with Gasteiger partial charge in [-0.25, -0.2) is 0 Å². The molecule has 1 aromatic carbocycles. The van der Waals surface area contributed by atoms with Crippen LogP contribution in [0.3, 0.4) is 0 Å². The largest absolute Gasteiger partial charge is 0.446 e. The zero-order valence-corrected chi connectivity index (χ0v) is 9.70. The summed E-state index contributed by atoms with van der Waals surface area (Å²) in [6.07, 6.45) is 0. The van der Waals surface area contributed by atoms with Crippen LogP contribution in [0, 0.1) is 3.57 Å². The first-order valence-corrected chi connectivity index (χ1v) is 5.34. The number of benzene rings is 1. The van der Waals surface area contributed by atoms with Crippen molar-refractivity contribution in [2.45, 2.75) is 10.4 Å². The molecule has 7 heteroatoms. The minimum atomic E-state index is -4.27. The predicted octanol–water partition coefficient (Wildman–Crippen LogP) is 3.19. The molecule has 0 aliphatic rings. The highest BCUT2D eigenvalue weighted by Crippen LogP contribution is 2.38. The van der Waals surface area contributed by atoms with Gasteiger partial charge in [0.15, 0.2) is 0 Å². The molecular formula is C7H6F3IN2S. The fourth-order valence-corrected chi connectivity index (χ4v) is 1.88. The monoisotopic (exact) mass is 334 g/mol. The van der Waals surface area contributed by atoms with Gasteiger partial charge in [-0.2, -0.15) is 13.2 Å². The molecule has 2 nitrogen and oxygen atoms in total. The smallest absolute Gasteiger partial charge is 0.323 e. The van der Waals surface area contributed by atoms with Crippen LogP contribution in [0.15, 0.2) is 23.1 Å². The van der Waals surface area contributed by atoms with Crippen molar-refractivity contribution in [1.29, 1.82) is 0 Å². The van der Waals surface area contributed by atoms with Gasteiger partial charge in [-0.05, 0) is 52.6 Å². The molecule has 1 aromatic rings. The number of alkyl halides is 3. The van der Waals surface area contributed by atoms with Crippen molar-refractivity contribution in [2.75, 3.05) is 5.43 Å². The van der Waals surface area contributed by atoms with Gasteiger partial charge in [-0.1, -0.05) is 0 Å². The Morgan fingerprint density at radius 3 is 2.50 bits per heavy atom. The molecule has 0 fully saturated rings. The zero-order chi connectivity index (χ0) is 10.8. The van der Waals surface area contributed by atoms with Gasteiger partial charge in [0.25, 0.3) is 0 Å². The molecule has 0 heterocycles. The lowest BCUT2D eigenvalue weighted by Gasteiger charge is -2.08. The van der Waals surface area contributed by atoms with E-state index in [0.717, 1.165) is 3.57 Å². The van der Waals surface area contributed by atoms with Crippen LogP contribution in [0.2, 0.25) is 0 Å². The number of hydrazine groups is 1. The summed E-state index contributed by atoms with van der Waals surface area (Å²) in [6, 6.07) is 4.34. The summed E-state index contributed by atoms with van der Waals surface area (Å²) in [5.74, 6) is 5.14. The number of anilines is 1. The molecule has 14 heavy (non-hydrogen) atoms. The number of halogens is 4. The van der Waals surface area contributed by atoms with Gasteiger partial charge in [0.1, 0.15) is 0 Å². The number of hydrogen-bond donors (Lipinski definition) is 2. The second-order valence-electron chi connectivity index (χ2n) is 2.33. The van der Waals surface area contributed by atoms with E-state index in [2.05, 4.69) is 5.43 Å². The van der Waals surface area contributed by atoms with E-state index in [1.54, 1.807) is 6.07 Å². The lowest BCUT2D eigenvalue weighted by Crippen LogP contribution is -2.08. The van der Waals surface area contributed by atoms with Gasteiger partial charge >= 0.3 is 5.51 Å². The molecule has 0 atom stereocenters. The van der Waals surface area contributed by atoms with Crippen LogP contribution in [-0.4, -0.2) is 5.51 Å². The third-order valence-corrected chi connectivity index (χ3v) is 2.99. The second kappa shape index (κ2) is 4.58. The van der Waals surface area contributed by atoms with Crippen LogP contribution in [0.1, 0.15) is 0 Å². The maximum absolute atomic E-state index is 12.0. The van der Waals surface area contributed by atoms with Crippen molar-refractivity contribution in [3.63, 3.8) is 0 Å². The SMILES string of the molecule is NNc1cc(SC(F)(F)F)ccc1I. The average Bonchev–Trinajstić information content (AvgIpc) is 2.06. The maximum atomic E-state index is 12.0. The highest BCUT2D eigenvalue weighted by atomic mass is 127. The Hall–Kier alpha value is -0.150. The Kier molecular flexibility index (Phi) is 3.90. The lowest BCUT2D eigenvalue weighted by molar-refractivity contribution is -0.0328. The molecule has 0 aliphatic carbocycles. The molecule has 3 N–H and O–H groups in total. The Labute approximate surface area is 96.5 Å². The summed E-state index contributed by atoms with van der Waals surface area (Å²) in [5.41, 5.74) is -1.45. The van der Waals surface area contributed by atoms with Gasteiger partial charge in [0, 0.05) is 8.47 Å². The van der Waals surface area contributed by atoms with Crippen LogP contribution >= 0.6 is 34.4 Å². The molecular weight excluding hydrogens is 328 g/mol. The number of rotatable bonds is 2. The molecule has 0 saturated heterocycles. The van der Waals surface area contributed by atoms with E-state index in [1.165, 1.54) is 12.1 Å². The van der Waals surface area contributed by atoms with Crippen molar-refractivity contribution >= 4 is 40.0 Å². The summed E-state index contributed by atoms with van der Waals surface area (Å²) in [7, 11) is 0. The van der Waals surface area contributed by atoms with Gasteiger partial charge in [-0.15, -0.1) is 0 Å². The van der Waals surface area contributed by atoms with Crippen LogP contribution in [0.4, 0.5) is 18.9 Å². The first-order chi connectivity index (χ1) is 6.42. The van der Waals surface area contributed by atoms with E-state index in [0.29, 0.717) is 5.69 Å². The van der Waals surface area contributed by atoms with Crippen LogP contribution in [0.5, 0.6) is 0 Å². The Bertz CT molecular complexity index is 329. The average molecular weight is 334 g/mol. The van der Waals surface area contributed by atoms with Crippen LogP contribution in [-0.2, 0) is 0 Å². The Morgan fingerprint density at radius 2 is 2.00 bits per heavy atom. The number of thioether (sulfide) groups is 1. The van der Waals surface area contributed by atoms with E-state index in [-0.39, 0.29) is 16.7 Å². The normalized spacial score (nSPS) is 11.5. The fourth-order valence-electron chi connectivity index (χ4n) is 0.812. The van der Waals surface area contributed by atoms with E-state index in [1.807, 2.05) is 22.6 Å². The van der Waals surface area contributed by atoms with Crippen molar-refractivity contribution in [2.24, 2.45) is 5.84 Å². The standard InChI is InChI=1S/C7H6F3IN2S/c8-7(9,10)14-4-1-2-5(11)6(3-4)13-12/h1-3,13H,12H2. The molecule has 0 aromatic heterocycles. The molecule has 0 spiro atoms. The highest BCUT2D eigenvalue weighted by molar-refractivity contribution is 14.1. The molecule has 0 radical (unpaired) electrons. The van der Waals surface area contributed by atoms with Crippen LogP contribution < -0.4 is 11.3 Å². The topological polar surface area (TPSA) is 38.0 Å². The quantitative estimate of drug-likeness (QED) is 0.378. The predicted molar refractivity (Wildman–Crippen MR) is 58.9 cm³/mol. The minimum Gasteiger partial charge on any atom is -0.323 e. The van der Waals surface area contributed by atoms with Crippen molar-refractivity contribution in [3.05, 3.63) is 21.8 Å². The second-order valence-corrected chi connectivity index (χ2v) is 4.63. The van der Waals surface area contributed by atoms with E-state index in [4.69, 9.17) is 5.84 Å². The van der Waals surface area contributed by atoms with Gasteiger partial charge in [-0.3, -0.25) is 5.84 Å². The Balaban J connectivity index is 2.90. The lowest BCUT2D eigenvalue weighted by atomic mass is 10.3. The summed E-state index contributed by atoms with van der Waals surface area (Å²) in [4.78, 5) is 0.117. The molecule has 0 amide bonds. The minimum absolute atomic E-state index is 0.117. The number of hydrogen-bond acceptors (Lipinski definition) is 3. The van der Waals surface area contributed by atoms with Gasteiger partial charge < -0.3 is 5.43 Å². The first kappa shape index (κ1) is 11.9. The van der Waals surface area contributed by atoms with Crippen molar-refractivity contribution in [3.8, 4) is 0 Å². The van der Waals surface area contributed by atoms with Gasteiger partial charge in [0.05, 0.1) is 5.69 Å². The van der Waals surface area contributed by atoms with Gasteiger partial charge in [0.2, 0.25) is 0 Å². The number of nitrogens with two attached hydrogens (primary N) is 1. The first-order valence-electron chi connectivity index (χ1n) is 3.44. The molecule has 0 unspecified atom stereocenters. The Morgan fingerprint density at radius 1 is 1.36 bits per heavy atom. The van der Waals surface area contributed by atoms with Crippen molar-refractivity contribution < 1.29 is 13.2 Å². The highest BCUT2D eigenvalue weighted by Gasteiger charge is 2.29. The van der Waals surface area contributed by atoms with Crippen molar-refractivity contribution in [1.82, 2.24) is 0 Å². The fraction of sp³-hybridized carbons (Fsp3) is 0.143. The number of nitrogens with one attached hydrogen (secondary N) is 1. The molecule has 0 saturated carbocycles. The van der Waals surface area contributed by atoms with Crippen LogP contribution in [0.25, 0.3) is 0 Å². The van der Waals surface area contributed by atoms with E-state index >= 15 is 0 Å². The summed E-state index contributed by atoms with van der Waals surface area (Å²) in [6.45, 7) is 0. The summed E-state index contributed by atoms with van der Waals surface area (Å²) < 4.78 is 36.7.